The third-order valence-corrected chi connectivity index (χ3v) is 8.12. The van der Waals surface area contributed by atoms with E-state index in [1.807, 2.05) is 11.0 Å². The minimum absolute atomic E-state index is 0.0199. The van der Waals surface area contributed by atoms with Gasteiger partial charge in [0.15, 0.2) is 11.5 Å². The molecule has 1 aromatic rings. The number of rotatable bonds is 15. The Morgan fingerprint density at radius 2 is 1.82 bits per heavy atom. The van der Waals surface area contributed by atoms with Crippen LogP contribution in [0.2, 0.25) is 0 Å². The lowest BCUT2D eigenvalue weighted by Crippen LogP contribution is -2.45. The predicted octanol–water partition coefficient (Wildman–Crippen LogP) is 3.36. The molecule has 1 N–H and O–H groups in total. The molecule has 39 heavy (non-hydrogen) atoms. The van der Waals surface area contributed by atoms with Gasteiger partial charge in [-0.25, -0.2) is 0 Å². The van der Waals surface area contributed by atoms with Gasteiger partial charge in [0.1, 0.15) is 0 Å². The van der Waals surface area contributed by atoms with Crippen molar-refractivity contribution in [1.29, 1.82) is 0 Å². The van der Waals surface area contributed by atoms with Crippen LogP contribution in [0.4, 0.5) is 0 Å². The molecule has 2 saturated heterocycles. The van der Waals surface area contributed by atoms with Crippen molar-refractivity contribution in [3.63, 3.8) is 0 Å². The Morgan fingerprint density at radius 3 is 2.46 bits per heavy atom. The summed E-state index contributed by atoms with van der Waals surface area (Å²) in [4.78, 5) is 31.1. The molecule has 0 aromatic heterocycles. The highest BCUT2D eigenvalue weighted by Crippen LogP contribution is 2.33. The quantitative estimate of drug-likeness (QED) is 0.338. The van der Waals surface area contributed by atoms with Gasteiger partial charge in [-0.15, -0.1) is 0 Å². The number of hydrogen-bond acceptors (Lipinski definition) is 7. The van der Waals surface area contributed by atoms with Crippen LogP contribution in [0.25, 0.3) is 0 Å². The van der Waals surface area contributed by atoms with Crippen LogP contribution in [0.1, 0.15) is 62.7 Å². The highest BCUT2D eigenvalue weighted by Gasteiger charge is 2.39. The van der Waals surface area contributed by atoms with Gasteiger partial charge in [0.05, 0.1) is 26.2 Å². The van der Waals surface area contributed by atoms with Crippen LogP contribution in [0.5, 0.6) is 11.5 Å². The lowest BCUT2D eigenvalue weighted by Gasteiger charge is -2.34. The molecule has 1 aromatic carbocycles. The molecule has 2 heterocycles. The first-order valence-corrected chi connectivity index (χ1v) is 14.6. The Hall–Kier alpha value is -2.36. The van der Waals surface area contributed by atoms with Crippen LogP contribution in [-0.4, -0.2) is 100 Å². The Morgan fingerprint density at radius 1 is 1.05 bits per heavy atom. The van der Waals surface area contributed by atoms with Gasteiger partial charge < -0.3 is 34.1 Å². The maximum atomic E-state index is 13.8. The van der Waals surface area contributed by atoms with Gasteiger partial charge in [0.2, 0.25) is 5.91 Å². The van der Waals surface area contributed by atoms with Crippen LogP contribution in [0.3, 0.4) is 0 Å². The van der Waals surface area contributed by atoms with Gasteiger partial charge in [0.25, 0.3) is 5.91 Å². The van der Waals surface area contributed by atoms with Crippen molar-refractivity contribution in [3.8, 4) is 11.5 Å². The molecule has 0 radical (unpaired) electrons. The van der Waals surface area contributed by atoms with Crippen LogP contribution in [-0.2, 0) is 14.3 Å². The van der Waals surface area contributed by atoms with E-state index in [2.05, 4.69) is 24.1 Å². The van der Waals surface area contributed by atoms with Crippen molar-refractivity contribution >= 4 is 11.8 Å². The van der Waals surface area contributed by atoms with Gasteiger partial charge in [-0.3, -0.25) is 9.59 Å². The summed E-state index contributed by atoms with van der Waals surface area (Å²) in [6.45, 7) is 9.07. The largest absolute Gasteiger partial charge is 0.493 e. The van der Waals surface area contributed by atoms with Gasteiger partial charge >= 0.3 is 0 Å². The van der Waals surface area contributed by atoms with Crippen LogP contribution < -0.4 is 14.8 Å². The molecule has 1 aliphatic carbocycles. The molecular formula is C30H47N3O6. The minimum atomic E-state index is -0.0199. The number of amides is 2. The first-order chi connectivity index (χ1) is 18.9. The summed E-state index contributed by atoms with van der Waals surface area (Å²) in [5.41, 5.74) is 0.583. The third kappa shape index (κ3) is 8.08. The van der Waals surface area contributed by atoms with Crippen molar-refractivity contribution in [2.75, 3.05) is 60.2 Å². The summed E-state index contributed by atoms with van der Waals surface area (Å²) in [5, 5.41) is 3.53. The van der Waals surface area contributed by atoms with Crippen molar-refractivity contribution in [1.82, 2.24) is 15.1 Å². The maximum absolute atomic E-state index is 13.8. The highest BCUT2D eigenvalue weighted by molar-refractivity contribution is 5.95. The fourth-order valence-corrected chi connectivity index (χ4v) is 5.68. The van der Waals surface area contributed by atoms with Gasteiger partial charge in [-0.2, -0.15) is 0 Å². The molecule has 1 saturated carbocycles. The molecule has 0 spiro atoms. The summed E-state index contributed by atoms with van der Waals surface area (Å²) in [7, 11) is 3.26. The van der Waals surface area contributed by atoms with Crippen molar-refractivity contribution < 1.29 is 28.5 Å². The SMILES string of the molecule is COCCCOc1cc(C(=O)N(C[C@@H]2CNC[C@H]2CN(C(=O)CC2CCCO2)C2CC2)C(C)C)ccc1OC. The molecular weight excluding hydrogens is 498 g/mol. The third-order valence-electron chi connectivity index (χ3n) is 8.12. The van der Waals surface area contributed by atoms with E-state index in [1.54, 1.807) is 26.4 Å². The van der Waals surface area contributed by atoms with E-state index in [0.29, 0.717) is 55.2 Å². The van der Waals surface area contributed by atoms with E-state index in [4.69, 9.17) is 18.9 Å². The zero-order chi connectivity index (χ0) is 27.8. The molecule has 218 valence electrons. The fraction of sp³-hybridized carbons (Fsp3) is 0.733. The predicted molar refractivity (Wildman–Crippen MR) is 149 cm³/mol. The average molecular weight is 546 g/mol. The maximum Gasteiger partial charge on any atom is 0.254 e. The van der Waals surface area contributed by atoms with E-state index in [-0.39, 0.29) is 29.9 Å². The minimum Gasteiger partial charge on any atom is -0.493 e. The molecule has 9 nitrogen and oxygen atoms in total. The van der Waals surface area contributed by atoms with Crippen molar-refractivity contribution in [3.05, 3.63) is 23.8 Å². The first kappa shape index (κ1) is 29.6. The summed E-state index contributed by atoms with van der Waals surface area (Å²) < 4.78 is 22.2. The molecule has 0 bridgehead atoms. The Balaban J connectivity index is 1.41. The zero-order valence-electron chi connectivity index (χ0n) is 24.2. The lowest BCUT2D eigenvalue weighted by molar-refractivity contribution is -0.134. The molecule has 3 aliphatic rings. The average Bonchev–Trinajstić information content (AvgIpc) is 3.45. The molecule has 9 heteroatoms. The monoisotopic (exact) mass is 545 g/mol. The Bertz CT molecular complexity index is 947. The number of benzene rings is 1. The number of hydrogen-bond donors (Lipinski definition) is 1. The summed E-state index contributed by atoms with van der Waals surface area (Å²) >= 11 is 0. The molecule has 1 unspecified atom stereocenters. The number of nitrogens with one attached hydrogen (secondary N) is 1. The van der Waals surface area contributed by atoms with E-state index in [0.717, 1.165) is 58.3 Å². The van der Waals surface area contributed by atoms with Crippen LogP contribution in [0.15, 0.2) is 18.2 Å². The van der Waals surface area contributed by atoms with Crippen molar-refractivity contribution in [2.24, 2.45) is 11.8 Å². The topological polar surface area (TPSA) is 89.6 Å². The second-order valence-corrected chi connectivity index (χ2v) is 11.4. The molecule has 3 atom stereocenters. The number of carbonyl (C=O) groups excluding carboxylic acids is 2. The zero-order valence-corrected chi connectivity index (χ0v) is 24.2. The van der Waals surface area contributed by atoms with E-state index < -0.39 is 0 Å². The number of carbonyl (C=O) groups is 2. The molecule has 3 fully saturated rings. The summed E-state index contributed by atoms with van der Waals surface area (Å²) in [6.07, 6.45) is 5.52. The lowest BCUT2D eigenvalue weighted by atomic mass is 9.93. The van der Waals surface area contributed by atoms with E-state index >= 15 is 0 Å². The van der Waals surface area contributed by atoms with Gasteiger partial charge in [-0.1, -0.05) is 0 Å². The normalized spacial score (nSPS) is 22.7. The number of methoxy groups -OCH3 is 2. The first-order valence-electron chi connectivity index (χ1n) is 14.6. The van der Waals surface area contributed by atoms with E-state index in [1.165, 1.54) is 0 Å². The fourth-order valence-electron chi connectivity index (χ4n) is 5.68. The standard InChI is InChI=1S/C30H47N3O6/c1-21(2)32(30(35)22-8-11-27(37-4)28(15-22)39-14-6-12-36-3)19-23-17-31-18-24(23)20-33(25-9-10-25)29(34)16-26-7-5-13-38-26/h8,11,15,21,23-26,31H,5-7,9-10,12-14,16-20H2,1-4H3/t23-,24-,26?/m0/s1. The molecule has 2 aliphatic heterocycles. The molecule has 4 rings (SSSR count). The molecule has 2 amide bonds. The van der Waals surface area contributed by atoms with Crippen molar-refractivity contribution in [2.45, 2.75) is 70.6 Å². The number of ether oxygens (including phenoxy) is 4. The smallest absolute Gasteiger partial charge is 0.254 e. The van der Waals surface area contributed by atoms with Crippen LogP contribution >= 0.6 is 0 Å². The second-order valence-electron chi connectivity index (χ2n) is 11.4. The van der Waals surface area contributed by atoms with Crippen LogP contribution in [0, 0.1) is 11.8 Å². The Labute approximate surface area is 233 Å². The number of nitrogens with zero attached hydrogens (tertiary/aromatic N) is 2. The van der Waals surface area contributed by atoms with Gasteiger partial charge in [0, 0.05) is 70.6 Å². The second kappa shape index (κ2) is 14.3. The highest BCUT2D eigenvalue weighted by atomic mass is 16.5. The summed E-state index contributed by atoms with van der Waals surface area (Å²) in [6, 6.07) is 5.79. The van der Waals surface area contributed by atoms with Gasteiger partial charge in [-0.05, 0) is 69.6 Å². The Kier molecular flexibility index (Phi) is 10.9. The summed E-state index contributed by atoms with van der Waals surface area (Å²) in [5.74, 6) is 1.96. The van der Waals surface area contributed by atoms with E-state index in [9.17, 15) is 9.59 Å².